The molecule has 1 saturated carbocycles. The second kappa shape index (κ2) is 15.0. The van der Waals surface area contributed by atoms with E-state index in [0.29, 0.717) is 22.0 Å². The highest BCUT2D eigenvalue weighted by Crippen LogP contribution is 2.31. The van der Waals surface area contributed by atoms with Gasteiger partial charge in [-0.25, -0.2) is 8.42 Å². The van der Waals surface area contributed by atoms with Crippen LogP contribution in [0, 0.1) is 0 Å². The van der Waals surface area contributed by atoms with Crippen LogP contribution >= 0.6 is 46.4 Å². The molecule has 43 heavy (non-hydrogen) atoms. The van der Waals surface area contributed by atoms with Crippen LogP contribution in [0.25, 0.3) is 0 Å². The van der Waals surface area contributed by atoms with Crippen LogP contribution in [0.15, 0.2) is 71.6 Å². The van der Waals surface area contributed by atoms with Gasteiger partial charge >= 0.3 is 0 Å². The summed E-state index contributed by atoms with van der Waals surface area (Å²) in [4.78, 5) is 29.3. The van der Waals surface area contributed by atoms with Gasteiger partial charge < -0.3 is 10.2 Å². The van der Waals surface area contributed by atoms with Crippen LogP contribution in [0.2, 0.25) is 20.1 Å². The third kappa shape index (κ3) is 8.58. The van der Waals surface area contributed by atoms with Gasteiger partial charge in [0.25, 0.3) is 10.0 Å². The molecule has 1 atom stereocenters. The fourth-order valence-corrected chi connectivity index (χ4v) is 7.48. The minimum Gasteiger partial charge on any atom is -0.352 e. The van der Waals surface area contributed by atoms with Gasteiger partial charge in [0.1, 0.15) is 12.6 Å². The lowest BCUT2D eigenvalue weighted by atomic mass is 9.95. The summed E-state index contributed by atoms with van der Waals surface area (Å²) in [6, 6.07) is 16.2. The van der Waals surface area contributed by atoms with Crippen molar-refractivity contribution in [2.75, 3.05) is 10.8 Å². The van der Waals surface area contributed by atoms with E-state index >= 15 is 0 Å². The normalized spacial score (nSPS) is 14.6. The molecule has 0 saturated heterocycles. The van der Waals surface area contributed by atoms with Crippen LogP contribution in [0.1, 0.15) is 51.0 Å². The molecule has 1 aliphatic rings. The lowest BCUT2D eigenvalue weighted by Crippen LogP contribution is -2.54. The van der Waals surface area contributed by atoms with E-state index in [4.69, 9.17) is 46.4 Å². The van der Waals surface area contributed by atoms with Gasteiger partial charge in [-0.2, -0.15) is 0 Å². The van der Waals surface area contributed by atoms with Crippen LogP contribution in [-0.4, -0.2) is 43.8 Å². The van der Waals surface area contributed by atoms with Crippen molar-refractivity contribution in [1.82, 2.24) is 10.2 Å². The van der Waals surface area contributed by atoms with Crippen molar-refractivity contribution >= 4 is 73.9 Å². The summed E-state index contributed by atoms with van der Waals surface area (Å²) in [5.74, 6) is -0.876. The molecule has 0 unspecified atom stereocenters. The maximum Gasteiger partial charge on any atom is 0.264 e. The summed E-state index contributed by atoms with van der Waals surface area (Å²) in [5, 5.41) is 4.18. The molecule has 3 aromatic rings. The lowest BCUT2D eigenvalue weighted by Gasteiger charge is -2.34. The predicted octanol–water partition coefficient (Wildman–Crippen LogP) is 7.75. The third-order valence-corrected chi connectivity index (χ3v) is 10.4. The van der Waals surface area contributed by atoms with Crippen molar-refractivity contribution in [2.24, 2.45) is 0 Å². The number of halogens is 4. The number of anilines is 1. The van der Waals surface area contributed by atoms with Crippen LogP contribution in [0.4, 0.5) is 5.69 Å². The van der Waals surface area contributed by atoms with Crippen molar-refractivity contribution in [2.45, 2.75) is 69.0 Å². The maximum atomic E-state index is 14.2. The number of amides is 2. The number of hydrogen-bond donors (Lipinski definition) is 1. The molecule has 3 aromatic carbocycles. The molecule has 0 bridgehead atoms. The molecule has 0 aromatic heterocycles. The lowest BCUT2D eigenvalue weighted by molar-refractivity contribution is -0.140. The number of nitrogens with one attached hydrogen (secondary N) is 1. The van der Waals surface area contributed by atoms with E-state index in [1.807, 2.05) is 6.92 Å². The Morgan fingerprint density at radius 3 is 2.14 bits per heavy atom. The quantitative estimate of drug-likeness (QED) is 0.224. The Morgan fingerprint density at radius 1 is 0.884 bits per heavy atom. The van der Waals surface area contributed by atoms with Crippen molar-refractivity contribution in [3.05, 3.63) is 92.4 Å². The number of benzene rings is 3. The summed E-state index contributed by atoms with van der Waals surface area (Å²) in [6.45, 7) is 1.21. The average molecular weight is 686 g/mol. The number of carbonyl (C=O) groups is 2. The van der Waals surface area contributed by atoms with E-state index in [0.717, 1.165) is 36.4 Å². The van der Waals surface area contributed by atoms with Gasteiger partial charge in [-0.15, -0.1) is 0 Å². The topological polar surface area (TPSA) is 86.8 Å². The highest BCUT2D eigenvalue weighted by molar-refractivity contribution is 7.92. The Labute approximate surface area is 273 Å². The first kappa shape index (κ1) is 33.4. The molecule has 230 valence electrons. The summed E-state index contributed by atoms with van der Waals surface area (Å²) in [5.41, 5.74) is 0.749. The van der Waals surface area contributed by atoms with Crippen LogP contribution in [0.5, 0.6) is 0 Å². The largest absolute Gasteiger partial charge is 0.352 e. The number of hydrogen-bond acceptors (Lipinski definition) is 4. The van der Waals surface area contributed by atoms with E-state index in [-0.39, 0.29) is 39.1 Å². The maximum absolute atomic E-state index is 14.2. The Balaban J connectivity index is 1.73. The molecular weight excluding hydrogens is 652 g/mol. The molecule has 12 heteroatoms. The van der Waals surface area contributed by atoms with Gasteiger partial charge in [0, 0.05) is 22.6 Å². The first-order valence-electron chi connectivity index (χ1n) is 14.1. The Hall–Kier alpha value is -2.49. The number of nitrogens with zero attached hydrogens (tertiary/aromatic N) is 2. The van der Waals surface area contributed by atoms with Gasteiger partial charge in [-0.05, 0) is 67.3 Å². The summed E-state index contributed by atoms with van der Waals surface area (Å²) in [7, 11) is -4.25. The van der Waals surface area contributed by atoms with Crippen molar-refractivity contribution < 1.29 is 18.0 Å². The minimum atomic E-state index is -4.25. The van der Waals surface area contributed by atoms with Crippen LogP contribution < -0.4 is 9.62 Å². The fourth-order valence-electron chi connectivity index (χ4n) is 5.23. The SMILES string of the molecule is CC[C@H](C(=O)NC1CCCCC1)N(Cc1ccc(Cl)c(Cl)c1)C(=O)CN(c1cc(Cl)cc(Cl)c1)S(=O)(=O)c1ccccc1. The number of sulfonamides is 1. The van der Waals surface area contributed by atoms with Crippen molar-refractivity contribution in [3.8, 4) is 0 Å². The fraction of sp³-hybridized carbons (Fsp3) is 0.355. The zero-order valence-electron chi connectivity index (χ0n) is 23.6. The van der Waals surface area contributed by atoms with E-state index < -0.39 is 28.5 Å². The molecule has 4 rings (SSSR count). The average Bonchev–Trinajstić information content (AvgIpc) is 2.98. The predicted molar refractivity (Wildman–Crippen MR) is 174 cm³/mol. The van der Waals surface area contributed by atoms with Gasteiger partial charge in [0.15, 0.2) is 0 Å². The molecule has 0 aliphatic heterocycles. The Bertz CT molecular complexity index is 1530. The standard InChI is InChI=1S/C31H33Cl4N3O4S/c1-2-29(31(40)36-24-9-5-3-6-10-24)37(19-21-13-14-27(34)28(35)15-21)30(39)20-38(25-17-22(32)16-23(33)18-25)43(41,42)26-11-7-4-8-12-26/h4,7-8,11-18,24,29H,2-3,5-6,9-10,19-20H2,1H3,(H,36,40)/t29-/m1/s1. The van der Waals surface area contributed by atoms with Crippen molar-refractivity contribution in [3.63, 3.8) is 0 Å². The van der Waals surface area contributed by atoms with Gasteiger partial charge in [-0.1, -0.05) is 96.9 Å². The van der Waals surface area contributed by atoms with Crippen LogP contribution in [-0.2, 0) is 26.2 Å². The molecule has 0 radical (unpaired) electrons. The van der Waals surface area contributed by atoms with Gasteiger partial charge in [0.2, 0.25) is 11.8 Å². The molecular formula is C31H33Cl4N3O4S. The molecule has 0 heterocycles. The molecule has 1 N–H and O–H groups in total. The first-order valence-corrected chi connectivity index (χ1v) is 17.0. The van der Waals surface area contributed by atoms with E-state index in [1.54, 1.807) is 36.4 Å². The summed E-state index contributed by atoms with van der Waals surface area (Å²) < 4.78 is 28.9. The zero-order chi connectivity index (χ0) is 31.1. The monoisotopic (exact) mass is 683 g/mol. The van der Waals surface area contributed by atoms with Crippen LogP contribution in [0.3, 0.4) is 0 Å². The minimum absolute atomic E-state index is 0.00183. The molecule has 0 spiro atoms. The summed E-state index contributed by atoms with van der Waals surface area (Å²) in [6.07, 6.45) is 5.25. The van der Waals surface area contributed by atoms with Gasteiger partial charge in [0.05, 0.1) is 20.6 Å². The second-order valence-electron chi connectivity index (χ2n) is 10.5. The van der Waals surface area contributed by atoms with Crippen molar-refractivity contribution in [1.29, 1.82) is 0 Å². The number of carbonyl (C=O) groups excluding carboxylic acids is 2. The molecule has 7 nitrogen and oxygen atoms in total. The van der Waals surface area contributed by atoms with Gasteiger partial charge in [-0.3, -0.25) is 13.9 Å². The van der Waals surface area contributed by atoms with E-state index in [1.165, 1.54) is 35.2 Å². The zero-order valence-corrected chi connectivity index (χ0v) is 27.5. The molecule has 1 aliphatic carbocycles. The molecule has 1 fully saturated rings. The highest BCUT2D eigenvalue weighted by atomic mass is 35.5. The molecule has 2 amide bonds. The second-order valence-corrected chi connectivity index (χ2v) is 14.0. The van der Waals surface area contributed by atoms with E-state index in [2.05, 4.69) is 5.32 Å². The Morgan fingerprint density at radius 2 is 1.53 bits per heavy atom. The highest BCUT2D eigenvalue weighted by Gasteiger charge is 2.34. The number of rotatable bonds is 11. The summed E-state index contributed by atoms with van der Waals surface area (Å²) >= 11 is 24.9. The first-order chi connectivity index (χ1) is 20.5. The smallest absolute Gasteiger partial charge is 0.264 e. The van der Waals surface area contributed by atoms with E-state index in [9.17, 15) is 18.0 Å². The Kier molecular flexibility index (Phi) is 11.6. The third-order valence-electron chi connectivity index (χ3n) is 7.42.